The predicted octanol–water partition coefficient (Wildman–Crippen LogP) is 9.94. The van der Waals surface area contributed by atoms with Crippen LogP contribution < -0.4 is 10.6 Å². The number of esters is 2. The van der Waals surface area contributed by atoms with Gasteiger partial charge in [-0.25, -0.2) is 9.78 Å². The van der Waals surface area contributed by atoms with Crippen molar-refractivity contribution in [1.82, 2.24) is 25.4 Å². The Hall–Kier alpha value is -6.59. The molecule has 2 amide bonds. The number of aryl methyl sites for hydroxylation is 1. The van der Waals surface area contributed by atoms with Gasteiger partial charge in [0.2, 0.25) is 5.91 Å². The standard InChI is InChI=1S/C54H50N6O6S4/c1-35-58-59-51(70-35)69-34-53(49(64)65-45(36-20-10-5-11-21-36)37-22-12-6-13-23-37)32-60-47(63)44(48(60)68-33-53)56-46(62)41(30-43(61)66-52(2,3)4)42-31-67-50(55-42)57-54(38-24-14-7-15-25-38,39-26-16-8-17-27-39)40-28-18-9-19-29-40/h5-31,44-45,48H,32-34H2,1-4H3,(H,55,57)(H,56,62)/t44?,48-,53?/m1/s1. The number of carbonyl (C=O) groups is 4. The Balaban J connectivity index is 0.988. The second-order valence-corrected chi connectivity index (χ2v) is 22.4. The number of anilines is 1. The second kappa shape index (κ2) is 20.8. The van der Waals surface area contributed by atoms with E-state index in [9.17, 15) is 19.2 Å². The van der Waals surface area contributed by atoms with Crippen LogP contribution in [0, 0.1) is 12.3 Å². The highest BCUT2D eigenvalue weighted by Crippen LogP contribution is 2.47. The molecule has 356 valence electrons. The lowest BCUT2D eigenvalue weighted by molar-refractivity contribution is -0.164. The molecule has 2 saturated heterocycles. The number of nitrogens with zero attached hydrogens (tertiary/aromatic N) is 4. The first-order valence-electron chi connectivity index (χ1n) is 22.6. The minimum atomic E-state index is -1.14. The van der Waals surface area contributed by atoms with Crippen molar-refractivity contribution in [1.29, 1.82) is 0 Å². The van der Waals surface area contributed by atoms with Gasteiger partial charge in [-0.2, -0.15) is 0 Å². The summed E-state index contributed by atoms with van der Waals surface area (Å²) >= 11 is 5.53. The minimum Gasteiger partial charge on any atom is -0.457 e. The third kappa shape index (κ3) is 10.5. The van der Waals surface area contributed by atoms with E-state index in [4.69, 9.17) is 14.5 Å². The van der Waals surface area contributed by atoms with Crippen molar-refractivity contribution in [3.63, 3.8) is 0 Å². The van der Waals surface area contributed by atoms with Crippen LogP contribution in [0.4, 0.5) is 5.13 Å². The van der Waals surface area contributed by atoms with E-state index in [-0.39, 0.29) is 29.5 Å². The topological polar surface area (TPSA) is 153 Å². The Morgan fingerprint density at radius 3 is 1.87 bits per heavy atom. The molecule has 0 radical (unpaired) electrons. The molecule has 5 aromatic carbocycles. The van der Waals surface area contributed by atoms with E-state index in [1.54, 1.807) is 31.1 Å². The van der Waals surface area contributed by atoms with Crippen molar-refractivity contribution in [2.75, 3.05) is 23.4 Å². The third-order valence-electron chi connectivity index (χ3n) is 11.9. The van der Waals surface area contributed by atoms with Gasteiger partial charge in [0.15, 0.2) is 15.6 Å². The Morgan fingerprint density at radius 1 is 0.814 bits per heavy atom. The van der Waals surface area contributed by atoms with Gasteiger partial charge in [0, 0.05) is 29.5 Å². The number of hydrogen-bond donors (Lipinski definition) is 2. The lowest BCUT2D eigenvalue weighted by atomic mass is 9.77. The number of rotatable bonds is 16. The monoisotopic (exact) mass is 1010 g/mol. The zero-order chi connectivity index (χ0) is 48.9. The zero-order valence-corrected chi connectivity index (χ0v) is 42.1. The molecule has 2 aromatic heterocycles. The van der Waals surface area contributed by atoms with Crippen LogP contribution in [-0.2, 0) is 34.2 Å². The van der Waals surface area contributed by atoms with Gasteiger partial charge in [0.1, 0.15) is 33.0 Å². The first-order valence-corrected chi connectivity index (χ1v) is 26.4. The van der Waals surface area contributed by atoms with Crippen LogP contribution in [0.25, 0.3) is 5.57 Å². The highest BCUT2D eigenvalue weighted by molar-refractivity contribution is 8.01. The molecule has 0 bridgehead atoms. The normalized spacial score (nSPS) is 18.1. The molecule has 70 heavy (non-hydrogen) atoms. The molecular weight excluding hydrogens is 957 g/mol. The van der Waals surface area contributed by atoms with Crippen LogP contribution >= 0.6 is 46.2 Å². The summed E-state index contributed by atoms with van der Waals surface area (Å²) in [5, 5.41) is 17.6. The zero-order valence-electron chi connectivity index (χ0n) is 38.8. The number of benzene rings is 5. The van der Waals surface area contributed by atoms with Crippen LogP contribution in [0.1, 0.15) is 65.4 Å². The summed E-state index contributed by atoms with van der Waals surface area (Å²) in [6.07, 6.45) is 0.446. The number of β-lactam (4-membered cyclic amide) rings is 1. The molecule has 2 fully saturated rings. The molecule has 0 aliphatic carbocycles. The number of fused-ring (bicyclic) bond motifs is 1. The average molecular weight is 1010 g/mol. The molecule has 16 heteroatoms. The lowest BCUT2D eigenvalue weighted by Crippen LogP contribution is -2.74. The highest BCUT2D eigenvalue weighted by atomic mass is 32.2. The number of amides is 2. The van der Waals surface area contributed by atoms with Crippen LogP contribution in [-0.4, -0.2) is 78.9 Å². The van der Waals surface area contributed by atoms with Gasteiger partial charge in [-0.15, -0.1) is 33.3 Å². The Bertz CT molecular complexity index is 2850. The Kier molecular flexibility index (Phi) is 14.4. The largest absolute Gasteiger partial charge is 0.457 e. The molecular formula is C54H50N6O6S4. The molecule has 3 atom stereocenters. The molecule has 2 aliphatic rings. The van der Waals surface area contributed by atoms with Gasteiger partial charge in [0.05, 0.1) is 11.3 Å². The fourth-order valence-corrected chi connectivity index (χ4v) is 13.0. The SMILES string of the molecule is Cc1nnc(SCC2(C(=O)OC(c3ccccc3)c3ccccc3)CS[C@@H]3C(NC(=O)C(=CC(=O)OC(C)(C)C)c4csc(NC(c5ccccc5)(c5ccccc5)c5ccccc5)n4)C(=O)N3C2)s1. The Labute approximate surface area is 423 Å². The number of hydrogen-bond acceptors (Lipinski definition) is 14. The predicted molar refractivity (Wildman–Crippen MR) is 277 cm³/mol. The highest BCUT2D eigenvalue weighted by Gasteiger charge is 2.58. The van der Waals surface area contributed by atoms with E-state index in [2.05, 4.69) is 57.2 Å². The van der Waals surface area contributed by atoms with Crippen LogP contribution in [0.3, 0.4) is 0 Å². The van der Waals surface area contributed by atoms with Gasteiger partial charge in [0.25, 0.3) is 5.91 Å². The molecule has 4 heterocycles. The van der Waals surface area contributed by atoms with Crippen molar-refractivity contribution in [2.24, 2.45) is 5.41 Å². The lowest BCUT2D eigenvalue weighted by Gasteiger charge is -2.54. The van der Waals surface area contributed by atoms with E-state index < -0.39 is 51.9 Å². The molecule has 2 aliphatic heterocycles. The first-order chi connectivity index (χ1) is 33.8. The first kappa shape index (κ1) is 48.4. The van der Waals surface area contributed by atoms with Crippen LogP contribution in [0.2, 0.25) is 0 Å². The fourth-order valence-electron chi connectivity index (χ4n) is 8.57. The summed E-state index contributed by atoms with van der Waals surface area (Å²) < 4.78 is 12.9. The number of thiazole rings is 1. The smallest absolute Gasteiger partial charge is 0.332 e. The number of aromatic nitrogens is 3. The summed E-state index contributed by atoms with van der Waals surface area (Å²) in [5.41, 5.74) is 1.77. The molecule has 7 aromatic rings. The molecule has 0 spiro atoms. The average Bonchev–Trinajstić information content (AvgIpc) is 4.03. The van der Waals surface area contributed by atoms with E-state index in [0.29, 0.717) is 15.2 Å². The van der Waals surface area contributed by atoms with Gasteiger partial charge in [-0.3, -0.25) is 14.4 Å². The molecule has 2 unspecified atom stereocenters. The maximum atomic E-state index is 14.8. The summed E-state index contributed by atoms with van der Waals surface area (Å²) in [7, 11) is 0. The van der Waals surface area contributed by atoms with E-state index in [0.717, 1.165) is 38.9 Å². The third-order valence-corrected chi connectivity index (χ3v) is 16.5. The second-order valence-electron chi connectivity index (χ2n) is 18.0. The minimum absolute atomic E-state index is 0.0590. The summed E-state index contributed by atoms with van der Waals surface area (Å²) in [6.45, 7) is 7.16. The van der Waals surface area contributed by atoms with Gasteiger partial charge in [-0.05, 0) is 55.5 Å². The molecule has 0 saturated carbocycles. The number of nitrogens with one attached hydrogen (secondary N) is 2. The van der Waals surface area contributed by atoms with Crippen molar-refractivity contribution < 1.29 is 28.7 Å². The fraction of sp³-hybridized carbons (Fsp3) is 0.241. The summed E-state index contributed by atoms with van der Waals surface area (Å²) in [5.74, 6) is -1.65. The van der Waals surface area contributed by atoms with Crippen molar-refractivity contribution in [3.05, 3.63) is 202 Å². The molecule has 2 N–H and O–H groups in total. The summed E-state index contributed by atoms with van der Waals surface area (Å²) in [4.78, 5) is 63.8. The summed E-state index contributed by atoms with van der Waals surface area (Å²) in [6, 6.07) is 48.4. The maximum absolute atomic E-state index is 14.8. The van der Waals surface area contributed by atoms with Gasteiger partial charge >= 0.3 is 11.9 Å². The van der Waals surface area contributed by atoms with E-state index in [1.165, 1.54) is 46.2 Å². The van der Waals surface area contributed by atoms with Crippen molar-refractivity contribution in [3.8, 4) is 0 Å². The Morgan fingerprint density at radius 2 is 1.36 bits per heavy atom. The number of thioether (sulfide) groups is 2. The molecule has 9 rings (SSSR count). The number of ether oxygens (including phenoxy) is 2. The molecule has 12 nitrogen and oxygen atoms in total. The quantitative estimate of drug-likeness (QED) is 0.0312. The van der Waals surface area contributed by atoms with E-state index >= 15 is 0 Å². The van der Waals surface area contributed by atoms with E-state index in [1.807, 2.05) is 122 Å². The van der Waals surface area contributed by atoms with Crippen molar-refractivity contribution >= 4 is 80.7 Å². The van der Waals surface area contributed by atoms with Crippen LogP contribution in [0.5, 0.6) is 0 Å². The number of carbonyl (C=O) groups excluding carboxylic acids is 4. The van der Waals surface area contributed by atoms with Gasteiger partial charge < -0.3 is 25.0 Å². The van der Waals surface area contributed by atoms with Crippen molar-refractivity contribution in [2.45, 2.75) is 60.7 Å². The maximum Gasteiger partial charge on any atom is 0.332 e. The van der Waals surface area contributed by atoms with Gasteiger partial charge in [-0.1, -0.05) is 175 Å². The van der Waals surface area contributed by atoms with Crippen LogP contribution in [0.15, 0.2) is 167 Å².